The Hall–Kier alpha value is -1.90. The largest absolute Gasteiger partial charge is 0.496 e. The number of hydrogen-bond donors (Lipinski definition) is 0. The van der Waals surface area contributed by atoms with Gasteiger partial charge in [-0.1, -0.05) is 44.5 Å². The molecule has 1 rings (SSSR count). The summed E-state index contributed by atoms with van der Waals surface area (Å²) in [5.74, 6) is 1.04. The number of allylic oxidation sites excluding steroid dienone is 2. The summed E-state index contributed by atoms with van der Waals surface area (Å²) in [5.41, 5.74) is 0.969. The van der Waals surface area contributed by atoms with Crippen LogP contribution >= 0.6 is 0 Å². The van der Waals surface area contributed by atoms with E-state index < -0.39 is 0 Å². The molecule has 3 heteroatoms. The van der Waals surface area contributed by atoms with E-state index in [4.69, 9.17) is 4.74 Å². The van der Waals surface area contributed by atoms with Gasteiger partial charge in [-0.3, -0.25) is 9.59 Å². The van der Waals surface area contributed by atoms with Crippen LogP contribution in [0.3, 0.4) is 0 Å². The van der Waals surface area contributed by atoms with E-state index in [-0.39, 0.29) is 5.78 Å². The molecule has 0 unspecified atom stereocenters. The molecule has 0 fully saturated rings. The predicted molar refractivity (Wildman–Crippen MR) is 82.1 cm³/mol. The molecule has 20 heavy (non-hydrogen) atoms. The molecule has 0 radical (unpaired) electrons. The Bertz CT molecular complexity index is 422. The van der Waals surface area contributed by atoms with Crippen LogP contribution in [0.2, 0.25) is 0 Å². The van der Waals surface area contributed by atoms with Crippen molar-refractivity contribution in [3.63, 3.8) is 0 Å². The van der Waals surface area contributed by atoms with Crippen LogP contribution in [-0.2, 0) is 16.0 Å². The standard InChI is InChI=1S/C11H14O2.C6H10O/c1-3-10(12)8-9-6-4-5-7-11(9)13-2;1-2-3-4-5-6-7/h4-7H,3,8H2,1-2H3;4-6H,2-3H2,1H3/b;5-4+. The minimum Gasteiger partial charge on any atom is -0.496 e. The molecule has 0 aromatic heterocycles. The molecule has 0 aliphatic rings. The molecule has 0 saturated heterocycles. The first-order valence-corrected chi connectivity index (χ1v) is 6.93. The van der Waals surface area contributed by atoms with Crippen molar-refractivity contribution in [1.82, 2.24) is 0 Å². The smallest absolute Gasteiger partial charge is 0.142 e. The van der Waals surface area contributed by atoms with Crippen molar-refractivity contribution in [3.05, 3.63) is 42.0 Å². The molecule has 1 aromatic carbocycles. The molecule has 0 heterocycles. The molecule has 0 aliphatic heterocycles. The number of ketones is 1. The van der Waals surface area contributed by atoms with Crippen LogP contribution in [0, 0.1) is 0 Å². The second-order valence-electron chi connectivity index (χ2n) is 4.23. The summed E-state index contributed by atoms with van der Waals surface area (Å²) in [6.45, 7) is 3.95. The molecule has 0 bridgehead atoms. The fraction of sp³-hybridized carbons (Fsp3) is 0.412. The number of benzene rings is 1. The Morgan fingerprint density at radius 2 is 1.95 bits per heavy atom. The van der Waals surface area contributed by atoms with Crippen molar-refractivity contribution >= 4 is 12.1 Å². The third kappa shape index (κ3) is 8.25. The number of methoxy groups -OCH3 is 1. The minimum absolute atomic E-state index is 0.240. The van der Waals surface area contributed by atoms with Crippen molar-refractivity contribution in [2.24, 2.45) is 0 Å². The van der Waals surface area contributed by atoms with Gasteiger partial charge in [0, 0.05) is 18.4 Å². The Balaban J connectivity index is 0.000000441. The molecule has 0 atom stereocenters. The monoisotopic (exact) mass is 276 g/mol. The highest BCUT2D eigenvalue weighted by atomic mass is 16.5. The van der Waals surface area contributed by atoms with E-state index in [1.54, 1.807) is 7.11 Å². The molecule has 0 aliphatic carbocycles. The van der Waals surface area contributed by atoms with Crippen LogP contribution in [0.15, 0.2) is 36.4 Å². The first-order chi connectivity index (χ1) is 9.69. The first kappa shape index (κ1) is 18.1. The topological polar surface area (TPSA) is 43.4 Å². The Morgan fingerprint density at radius 1 is 1.25 bits per heavy atom. The van der Waals surface area contributed by atoms with Crippen molar-refractivity contribution < 1.29 is 14.3 Å². The number of aldehydes is 1. The number of rotatable bonds is 7. The summed E-state index contributed by atoms with van der Waals surface area (Å²) in [7, 11) is 1.62. The van der Waals surface area contributed by atoms with E-state index in [2.05, 4.69) is 6.92 Å². The Morgan fingerprint density at radius 3 is 2.50 bits per heavy atom. The SMILES string of the molecule is CCC(=O)Cc1ccccc1OC.CCC/C=C/C=O. The third-order valence-corrected chi connectivity index (χ3v) is 2.64. The second kappa shape index (κ2) is 12.2. The van der Waals surface area contributed by atoms with Gasteiger partial charge in [0.1, 0.15) is 17.8 Å². The lowest BCUT2D eigenvalue weighted by Gasteiger charge is -2.05. The van der Waals surface area contributed by atoms with Crippen molar-refractivity contribution in [2.45, 2.75) is 39.5 Å². The van der Waals surface area contributed by atoms with E-state index in [0.717, 1.165) is 30.4 Å². The summed E-state index contributed by atoms with van der Waals surface area (Å²) >= 11 is 0. The Kier molecular flexibility index (Phi) is 11.0. The molecular formula is C17H24O3. The van der Waals surface area contributed by atoms with E-state index >= 15 is 0 Å². The highest BCUT2D eigenvalue weighted by molar-refractivity contribution is 5.81. The van der Waals surface area contributed by atoms with Gasteiger partial charge in [-0.25, -0.2) is 0 Å². The number of para-hydroxylation sites is 1. The van der Waals surface area contributed by atoms with Gasteiger partial charge in [0.15, 0.2) is 0 Å². The highest BCUT2D eigenvalue weighted by Crippen LogP contribution is 2.18. The quantitative estimate of drug-likeness (QED) is 0.562. The van der Waals surface area contributed by atoms with Crippen LogP contribution in [0.4, 0.5) is 0 Å². The zero-order valence-corrected chi connectivity index (χ0v) is 12.6. The number of unbranched alkanes of at least 4 members (excludes halogenated alkanes) is 1. The minimum atomic E-state index is 0.240. The molecule has 0 spiro atoms. The average Bonchev–Trinajstić information content (AvgIpc) is 2.49. The second-order valence-corrected chi connectivity index (χ2v) is 4.23. The first-order valence-electron chi connectivity index (χ1n) is 6.93. The fourth-order valence-corrected chi connectivity index (χ4v) is 1.50. The van der Waals surface area contributed by atoms with E-state index in [0.29, 0.717) is 12.8 Å². The Labute approximate surface area is 121 Å². The lowest BCUT2D eigenvalue weighted by atomic mass is 10.1. The van der Waals surface area contributed by atoms with E-state index in [9.17, 15) is 9.59 Å². The van der Waals surface area contributed by atoms with Gasteiger partial charge in [-0.2, -0.15) is 0 Å². The molecule has 0 saturated carbocycles. The summed E-state index contributed by atoms with van der Waals surface area (Å²) in [6.07, 6.45) is 7.38. The van der Waals surface area contributed by atoms with Gasteiger partial charge < -0.3 is 4.74 Å². The maximum atomic E-state index is 11.2. The van der Waals surface area contributed by atoms with Crippen molar-refractivity contribution in [1.29, 1.82) is 0 Å². The van der Waals surface area contributed by atoms with E-state index in [1.807, 2.05) is 37.3 Å². The lowest BCUT2D eigenvalue weighted by molar-refractivity contribution is -0.118. The maximum absolute atomic E-state index is 11.2. The maximum Gasteiger partial charge on any atom is 0.142 e. The van der Waals surface area contributed by atoms with Gasteiger partial charge in [0.05, 0.1) is 7.11 Å². The van der Waals surface area contributed by atoms with Crippen LogP contribution in [0.5, 0.6) is 5.75 Å². The molecular weight excluding hydrogens is 252 g/mol. The van der Waals surface area contributed by atoms with Gasteiger partial charge >= 0.3 is 0 Å². The molecule has 3 nitrogen and oxygen atoms in total. The summed E-state index contributed by atoms with van der Waals surface area (Å²) in [5, 5.41) is 0. The number of hydrogen-bond acceptors (Lipinski definition) is 3. The number of carbonyl (C=O) groups is 2. The van der Waals surface area contributed by atoms with E-state index in [1.165, 1.54) is 6.08 Å². The fourth-order valence-electron chi connectivity index (χ4n) is 1.50. The average molecular weight is 276 g/mol. The summed E-state index contributed by atoms with van der Waals surface area (Å²) < 4.78 is 5.14. The molecule has 110 valence electrons. The zero-order valence-electron chi connectivity index (χ0n) is 12.6. The van der Waals surface area contributed by atoms with Gasteiger partial charge in [0.25, 0.3) is 0 Å². The van der Waals surface area contributed by atoms with Crippen LogP contribution < -0.4 is 4.74 Å². The highest BCUT2D eigenvalue weighted by Gasteiger charge is 2.05. The van der Waals surface area contributed by atoms with Gasteiger partial charge in [-0.05, 0) is 18.6 Å². The number of carbonyl (C=O) groups excluding carboxylic acids is 2. The van der Waals surface area contributed by atoms with Gasteiger partial charge in [-0.15, -0.1) is 0 Å². The normalized spacial score (nSPS) is 9.75. The van der Waals surface area contributed by atoms with Crippen molar-refractivity contribution in [2.75, 3.05) is 7.11 Å². The number of Topliss-reactive ketones (excluding diaryl/α,β-unsaturated/α-hetero) is 1. The predicted octanol–water partition coefficient (Wildman–Crippen LogP) is 3.76. The molecule has 0 amide bonds. The zero-order chi connectivity index (χ0) is 15.2. The summed E-state index contributed by atoms with van der Waals surface area (Å²) in [4.78, 5) is 20.8. The molecule has 1 aromatic rings. The van der Waals surface area contributed by atoms with Crippen LogP contribution in [-0.4, -0.2) is 19.2 Å². The lowest BCUT2D eigenvalue weighted by Crippen LogP contribution is -2.02. The van der Waals surface area contributed by atoms with Crippen molar-refractivity contribution in [3.8, 4) is 5.75 Å². The number of ether oxygens (including phenoxy) is 1. The summed E-state index contributed by atoms with van der Waals surface area (Å²) in [6, 6.07) is 7.62. The van der Waals surface area contributed by atoms with Crippen LogP contribution in [0.25, 0.3) is 0 Å². The molecule has 0 N–H and O–H groups in total. The van der Waals surface area contributed by atoms with Gasteiger partial charge in [0.2, 0.25) is 0 Å². The van der Waals surface area contributed by atoms with Crippen LogP contribution in [0.1, 0.15) is 38.7 Å². The third-order valence-electron chi connectivity index (χ3n) is 2.64.